The Morgan fingerprint density at radius 3 is 2.08 bits per heavy atom. The van der Waals surface area contributed by atoms with Crippen LogP contribution in [-0.4, -0.2) is 35.7 Å². The number of aliphatic hydroxyl groups excluding tert-OH is 1. The van der Waals surface area contributed by atoms with E-state index in [4.69, 9.17) is 0 Å². The van der Waals surface area contributed by atoms with Crippen LogP contribution in [0.1, 0.15) is 39.5 Å². The molecule has 1 aliphatic carbocycles. The topological polar surface area (TPSA) is 23.5 Å². The molecule has 1 saturated carbocycles. The molecule has 13 heavy (non-hydrogen) atoms. The van der Waals surface area contributed by atoms with Crippen molar-refractivity contribution in [3.05, 3.63) is 0 Å². The van der Waals surface area contributed by atoms with Gasteiger partial charge in [0.25, 0.3) is 0 Å². The number of hydrogen-bond acceptors (Lipinski definition) is 2. The molecule has 78 valence electrons. The van der Waals surface area contributed by atoms with E-state index in [0.717, 1.165) is 18.8 Å². The van der Waals surface area contributed by atoms with E-state index in [1.54, 1.807) is 0 Å². The highest BCUT2D eigenvalue weighted by molar-refractivity contribution is 4.81. The summed E-state index contributed by atoms with van der Waals surface area (Å²) in [5.41, 5.74) is 0. The molecular weight excluding hydrogens is 162 g/mol. The van der Waals surface area contributed by atoms with Crippen LogP contribution in [0, 0.1) is 5.92 Å². The molecule has 0 aromatic heterocycles. The van der Waals surface area contributed by atoms with E-state index >= 15 is 0 Å². The van der Waals surface area contributed by atoms with Gasteiger partial charge in [0.05, 0.1) is 6.10 Å². The number of rotatable bonds is 6. The fraction of sp³-hybridized carbons (Fsp3) is 1.00. The standard InChI is InChI=1S/C11H23NO/c1-3-5-12(6-4-2)9-10-7-11(13)8-10/h10-11,13H,3-9H2,1-2H3. The Morgan fingerprint density at radius 1 is 1.15 bits per heavy atom. The largest absolute Gasteiger partial charge is 0.393 e. The molecule has 0 radical (unpaired) electrons. The third kappa shape index (κ3) is 3.65. The fourth-order valence-electron chi connectivity index (χ4n) is 2.14. The summed E-state index contributed by atoms with van der Waals surface area (Å²) in [7, 11) is 0. The van der Waals surface area contributed by atoms with Crippen molar-refractivity contribution in [2.24, 2.45) is 5.92 Å². The van der Waals surface area contributed by atoms with Crippen molar-refractivity contribution >= 4 is 0 Å². The number of hydrogen-bond donors (Lipinski definition) is 1. The highest BCUT2D eigenvalue weighted by Crippen LogP contribution is 2.27. The minimum Gasteiger partial charge on any atom is -0.393 e. The molecule has 1 N–H and O–H groups in total. The Balaban J connectivity index is 2.14. The average Bonchev–Trinajstić information content (AvgIpc) is 2.02. The van der Waals surface area contributed by atoms with Crippen LogP contribution in [0.4, 0.5) is 0 Å². The van der Waals surface area contributed by atoms with Crippen molar-refractivity contribution in [3.8, 4) is 0 Å². The lowest BCUT2D eigenvalue weighted by molar-refractivity contribution is 0.0244. The molecule has 0 amide bonds. The quantitative estimate of drug-likeness (QED) is 0.683. The van der Waals surface area contributed by atoms with Crippen LogP contribution in [0.25, 0.3) is 0 Å². The van der Waals surface area contributed by atoms with E-state index in [9.17, 15) is 5.11 Å². The summed E-state index contributed by atoms with van der Waals surface area (Å²) in [5.74, 6) is 0.771. The predicted octanol–water partition coefficient (Wildman–Crippen LogP) is 1.88. The summed E-state index contributed by atoms with van der Waals surface area (Å²) in [6.07, 6.45) is 4.56. The lowest BCUT2D eigenvalue weighted by Gasteiger charge is -2.35. The molecule has 0 bridgehead atoms. The van der Waals surface area contributed by atoms with Crippen molar-refractivity contribution in [2.45, 2.75) is 45.6 Å². The third-order valence-electron chi connectivity index (χ3n) is 2.81. The van der Waals surface area contributed by atoms with Crippen LogP contribution < -0.4 is 0 Å². The summed E-state index contributed by atoms with van der Waals surface area (Å²) in [6, 6.07) is 0. The van der Waals surface area contributed by atoms with Gasteiger partial charge < -0.3 is 10.0 Å². The summed E-state index contributed by atoms with van der Waals surface area (Å²) in [4.78, 5) is 2.54. The van der Waals surface area contributed by atoms with Gasteiger partial charge >= 0.3 is 0 Å². The van der Waals surface area contributed by atoms with Crippen LogP contribution in [0.5, 0.6) is 0 Å². The predicted molar refractivity (Wildman–Crippen MR) is 55.8 cm³/mol. The molecular formula is C11H23NO. The van der Waals surface area contributed by atoms with Crippen molar-refractivity contribution in [3.63, 3.8) is 0 Å². The SMILES string of the molecule is CCCN(CCC)CC1CC(O)C1. The van der Waals surface area contributed by atoms with Gasteiger partial charge in [-0.3, -0.25) is 0 Å². The highest BCUT2D eigenvalue weighted by Gasteiger charge is 2.28. The Labute approximate surface area is 81.9 Å². The van der Waals surface area contributed by atoms with Crippen LogP contribution in [0.3, 0.4) is 0 Å². The molecule has 0 atom stereocenters. The van der Waals surface area contributed by atoms with Crippen molar-refractivity contribution < 1.29 is 5.11 Å². The van der Waals surface area contributed by atoms with Gasteiger partial charge in [-0.15, -0.1) is 0 Å². The molecule has 2 nitrogen and oxygen atoms in total. The van der Waals surface area contributed by atoms with Gasteiger partial charge in [-0.05, 0) is 44.7 Å². The highest BCUT2D eigenvalue weighted by atomic mass is 16.3. The molecule has 0 aliphatic heterocycles. The summed E-state index contributed by atoms with van der Waals surface area (Å²) < 4.78 is 0. The van der Waals surface area contributed by atoms with Gasteiger partial charge in [-0.2, -0.15) is 0 Å². The lowest BCUT2D eigenvalue weighted by Crippen LogP contribution is -2.39. The third-order valence-corrected chi connectivity index (χ3v) is 2.81. The molecule has 0 aromatic carbocycles. The maximum Gasteiger partial charge on any atom is 0.0546 e. The monoisotopic (exact) mass is 185 g/mol. The van der Waals surface area contributed by atoms with E-state index in [1.807, 2.05) is 0 Å². The lowest BCUT2D eigenvalue weighted by atomic mass is 9.82. The minimum atomic E-state index is 0.00935. The van der Waals surface area contributed by atoms with E-state index in [0.29, 0.717) is 0 Å². The van der Waals surface area contributed by atoms with Crippen molar-refractivity contribution in [2.75, 3.05) is 19.6 Å². The van der Waals surface area contributed by atoms with E-state index in [1.165, 1.54) is 32.5 Å². The molecule has 0 saturated heterocycles. The Kier molecular flexibility index (Phi) is 4.74. The fourth-order valence-corrected chi connectivity index (χ4v) is 2.14. The average molecular weight is 185 g/mol. The van der Waals surface area contributed by atoms with Crippen LogP contribution >= 0.6 is 0 Å². The van der Waals surface area contributed by atoms with Gasteiger partial charge in [-0.25, -0.2) is 0 Å². The van der Waals surface area contributed by atoms with Gasteiger partial charge in [0.1, 0.15) is 0 Å². The smallest absolute Gasteiger partial charge is 0.0546 e. The maximum absolute atomic E-state index is 9.17. The Morgan fingerprint density at radius 2 is 1.69 bits per heavy atom. The zero-order valence-corrected chi connectivity index (χ0v) is 9.00. The summed E-state index contributed by atoms with van der Waals surface area (Å²) >= 11 is 0. The zero-order chi connectivity index (χ0) is 9.68. The first-order valence-corrected chi connectivity index (χ1v) is 5.66. The first-order chi connectivity index (χ1) is 6.26. The molecule has 1 rings (SSSR count). The van der Waals surface area contributed by atoms with Crippen molar-refractivity contribution in [1.29, 1.82) is 0 Å². The number of aliphatic hydroxyl groups is 1. The first kappa shape index (κ1) is 11.0. The van der Waals surface area contributed by atoms with Gasteiger partial charge in [-0.1, -0.05) is 13.8 Å². The Bertz CT molecular complexity index is 126. The molecule has 0 heterocycles. The van der Waals surface area contributed by atoms with E-state index < -0.39 is 0 Å². The normalized spacial score (nSPS) is 27.7. The second-order valence-electron chi connectivity index (χ2n) is 4.29. The Hall–Kier alpha value is -0.0800. The minimum absolute atomic E-state index is 0.00935. The number of nitrogens with zero attached hydrogens (tertiary/aromatic N) is 1. The van der Waals surface area contributed by atoms with E-state index in [2.05, 4.69) is 18.7 Å². The zero-order valence-electron chi connectivity index (χ0n) is 9.00. The molecule has 2 heteroatoms. The summed E-state index contributed by atoms with van der Waals surface area (Å²) in [5, 5.41) is 9.17. The second-order valence-corrected chi connectivity index (χ2v) is 4.29. The second kappa shape index (κ2) is 5.61. The molecule has 1 aliphatic rings. The van der Waals surface area contributed by atoms with Gasteiger partial charge in [0.2, 0.25) is 0 Å². The van der Waals surface area contributed by atoms with Crippen LogP contribution in [0.15, 0.2) is 0 Å². The molecule has 0 aromatic rings. The van der Waals surface area contributed by atoms with Crippen LogP contribution in [-0.2, 0) is 0 Å². The van der Waals surface area contributed by atoms with Gasteiger partial charge in [0, 0.05) is 6.54 Å². The summed E-state index contributed by atoms with van der Waals surface area (Å²) in [6.45, 7) is 8.12. The van der Waals surface area contributed by atoms with Crippen LogP contribution in [0.2, 0.25) is 0 Å². The maximum atomic E-state index is 9.17. The first-order valence-electron chi connectivity index (χ1n) is 5.66. The van der Waals surface area contributed by atoms with Gasteiger partial charge in [0.15, 0.2) is 0 Å². The van der Waals surface area contributed by atoms with Crippen molar-refractivity contribution in [1.82, 2.24) is 4.90 Å². The molecule has 0 spiro atoms. The molecule has 1 fully saturated rings. The molecule has 0 unspecified atom stereocenters. The van der Waals surface area contributed by atoms with E-state index in [-0.39, 0.29) is 6.10 Å².